The average molecular weight is 464 g/mol. The third kappa shape index (κ3) is 4.97. The van der Waals surface area contributed by atoms with Crippen molar-refractivity contribution in [2.24, 2.45) is 5.73 Å². The van der Waals surface area contributed by atoms with E-state index in [2.05, 4.69) is 10.3 Å². The van der Waals surface area contributed by atoms with Crippen molar-refractivity contribution in [3.05, 3.63) is 94.9 Å². The molecule has 1 aromatic heterocycles. The van der Waals surface area contributed by atoms with E-state index in [0.29, 0.717) is 16.3 Å². The standard InChI is InChI=1S/C26H23ClFN3O2/c1-15(19-4-2-3-5-22(19)28)31-26-20-12-18(10-11-24(20)30-14-21(26)27)16-6-8-17(9-7-16)23(29)13-25(32)33/h2-12,14-15,23H,13,29H2,1H3,(H,30,31)(H,32,33). The van der Waals surface area contributed by atoms with Gasteiger partial charge >= 0.3 is 5.97 Å². The van der Waals surface area contributed by atoms with Gasteiger partial charge in [0.2, 0.25) is 0 Å². The van der Waals surface area contributed by atoms with Gasteiger partial charge in [-0.15, -0.1) is 0 Å². The van der Waals surface area contributed by atoms with Gasteiger partial charge in [0.05, 0.1) is 28.7 Å². The fourth-order valence-electron chi connectivity index (χ4n) is 3.84. The highest BCUT2D eigenvalue weighted by atomic mass is 35.5. The highest BCUT2D eigenvalue weighted by molar-refractivity contribution is 6.34. The molecule has 0 bridgehead atoms. The van der Waals surface area contributed by atoms with E-state index in [-0.39, 0.29) is 18.3 Å². The number of aromatic nitrogens is 1. The first-order valence-corrected chi connectivity index (χ1v) is 10.9. The molecule has 0 aliphatic carbocycles. The van der Waals surface area contributed by atoms with Crippen molar-refractivity contribution in [3.63, 3.8) is 0 Å². The van der Waals surface area contributed by atoms with Crippen LogP contribution in [0.3, 0.4) is 0 Å². The van der Waals surface area contributed by atoms with Crippen LogP contribution in [-0.2, 0) is 4.79 Å². The number of nitrogens with one attached hydrogen (secondary N) is 1. The van der Waals surface area contributed by atoms with Gasteiger partial charge in [0.25, 0.3) is 0 Å². The third-order valence-corrected chi connectivity index (χ3v) is 5.91. The van der Waals surface area contributed by atoms with Crippen molar-refractivity contribution in [1.29, 1.82) is 0 Å². The highest BCUT2D eigenvalue weighted by Crippen LogP contribution is 2.35. The normalized spacial score (nSPS) is 13.0. The van der Waals surface area contributed by atoms with E-state index in [1.165, 1.54) is 6.07 Å². The minimum atomic E-state index is -0.935. The van der Waals surface area contributed by atoms with Crippen molar-refractivity contribution in [3.8, 4) is 11.1 Å². The molecule has 0 aliphatic heterocycles. The number of anilines is 1. The molecule has 3 aromatic carbocycles. The van der Waals surface area contributed by atoms with Crippen molar-refractivity contribution in [1.82, 2.24) is 4.98 Å². The number of benzene rings is 3. The summed E-state index contributed by atoms with van der Waals surface area (Å²) >= 11 is 6.49. The molecule has 0 amide bonds. The van der Waals surface area contributed by atoms with Crippen LogP contribution in [0.2, 0.25) is 5.02 Å². The summed E-state index contributed by atoms with van der Waals surface area (Å²) in [5.74, 6) is -1.22. The molecule has 33 heavy (non-hydrogen) atoms. The van der Waals surface area contributed by atoms with Crippen LogP contribution in [0.5, 0.6) is 0 Å². The van der Waals surface area contributed by atoms with Crippen molar-refractivity contribution >= 4 is 34.2 Å². The Balaban J connectivity index is 1.68. The maximum absolute atomic E-state index is 14.3. The first-order valence-electron chi connectivity index (χ1n) is 10.5. The molecule has 4 N–H and O–H groups in total. The van der Waals surface area contributed by atoms with Crippen LogP contribution in [0.1, 0.15) is 36.6 Å². The number of nitrogens with two attached hydrogens (primary N) is 1. The van der Waals surface area contributed by atoms with E-state index in [9.17, 15) is 9.18 Å². The molecule has 5 nitrogen and oxygen atoms in total. The number of hydrogen-bond acceptors (Lipinski definition) is 4. The maximum Gasteiger partial charge on any atom is 0.305 e. The first-order chi connectivity index (χ1) is 15.8. The van der Waals surface area contributed by atoms with Crippen LogP contribution in [-0.4, -0.2) is 16.1 Å². The predicted octanol–water partition coefficient (Wildman–Crippen LogP) is 6.34. The second-order valence-corrected chi connectivity index (χ2v) is 8.33. The number of halogens is 2. The van der Waals surface area contributed by atoms with E-state index in [0.717, 1.165) is 27.6 Å². The number of pyridine rings is 1. The summed E-state index contributed by atoms with van der Waals surface area (Å²) in [6, 6.07) is 19.1. The van der Waals surface area contributed by atoms with Gasteiger partial charge in [-0.3, -0.25) is 9.78 Å². The Bertz CT molecular complexity index is 1310. The van der Waals surface area contributed by atoms with Crippen LogP contribution < -0.4 is 11.1 Å². The zero-order valence-electron chi connectivity index (χ0n) is 17.9. The van der Waals surface area contributed by atoms with Gasteiger partial charge in [-0.05, 0) is 41.8 Å². The van der Waals surface area contributed by atoms with Crippen molar-refractivity contribution < 1.29 is 14.3 Å². The fourth-order valence-corrected chi connectivity index (χ4v) is 4.05. The number of carboxylic acids is 1. The lowest BCUT2D eigenvalue weighted by Crippen LogP contribution is -2.14. The summed E-state index contributed by atoms with van der Waals surface area (Å²) in [7, 11) is 0. The minimum Gasteiger partial charge on any atom is -0.481 e. The quantitative estimate of drug-likeness (QED) is 0.297. The minimum absolute atomic E-state index is 0.130. The number of hydrogen-bond donors (Lipinski definition) is 3. The van der Waals surface area contributed by atoms with E-state index in [4.69, 9.17) is 22.4 Å². The molecule has 2 atom stereocenters. The Morgan fingerprint density at radius 2 is 1.82 bits per heavy atom. The molecule has 0 aliphatic rings. The Morgan fingerprint density at radius 1 is 1.12 bits per heavy atom. The van der Waals surface area contributed by atoms with Gasteiger partial charge in [0.1, 0.15) is 5.82 Å². The molecular weight excluding hydrogens is 441 g/mol. The van der Waals surface area contributed by atoms with Gasteiger partial charge in [0.15, 0.2) is 0 Å². The topological polar surface area (TPSA) is 88.2 Å². The van der Waals surface area contributed by atoms with Crippen molar-refractivity contribution in [2.45, 2.75) is 25.4 Å². The first kappa shape index (κ1) is 22.7. The lowest BCUT2D eigenvalue weighted by Gasteiger charge is -2.19. The zero-order chi connectivity index (χ0) is 23.5. The monoisotopic (exact) mass is 463 g/mol. The Kier molecular flexibility index (Phi) is 6.58. The highest BCUT2D eigenvalue weighted by Gasteiger charge is 2.16. The number of carboxylic acid groups (broad SMARTS) is 1. The maximum atomic E-state index is 14.3. The number of rotatable bonds is 7. The molecule has 0 fully saturated rings. The number of nitrogens with zero attached hydrogens (tertiary/aromatic N) is 1. The summed E-state index contributed by atoms with van der Waals surface area (Å²) in [5.41, 5.74) is 10.6. The summed E-state index contributed by atoms with van der Waals surface area (Å²) in [4.78, 5) is 15.3. The van der Waals surface area contributed by atoms with Crippen molar-refractivity contribution in [2.75, 3.05) is 5.32 Å². The van der Waals surface area contributed by atoms with Crippen LogP contribution in [0.15, 0.2) is 72.9 Å². The average Bonchev–Trinajstić information content (AvgIpc) is 2.80. The SMILES string of the molecule is CC(Nc1c(Cl)cnc2ccc(-c3ccc(C(N)CC(=O)O)cc3)cc12)c1ccccc1F. The summed E-state index contributed by atoms with van der Waals surface area (Å²) in [5, 5.41) is 13.6. The smallest absolute Gasteiger partial charge is 0.305 e. The second kappa shape index (κ2) is 9.57. The molecule has 0 radical (unpaired) electrons. The Morgan fingerprint density at radius 3 is 2.52 bits per heavy atom. The van der Waals surface area contributed by atoms with Crippen LogP contribution in [0, 0.1) is 5.82 Å². The van der Waals surface area contributed by atoms with Crippen LogP contribution in [0.25, 0.3) is 22.0 Å². The zero-order valence-corrected chi connectivity index (χ0v) is 18.7. The van der Waals surface area contributed by atoms with E-state index >= 15 is 0 Å². The Hall–Kier alpha value is -3.48. The summed E-state index contributed by atoms with van der Waals surface area (Å²) < 4.78 is 14.3. The molecule has 0 saturated carbocycles. The molecular formula is C26H23ClFN3O2. The molecule has 4 aromatic rings. The number of aliphatic carboxylic acids is 1. The lowest BCUT2D eigenvalue weighted by atomic mass is 9.98. The van der Waals surface area contributed by atoms with E-state index in [1.807, 2.05) is 49.4 Å². The largest absolute Gasteiger partial charge is 0.481 e. The Labute approximate surface area is 196 Å². The van der Waals surface area contributed by atoms with Gasteiger partial charge in [0, 0.05) is 23.2 Å². The van der Waals surface area contributed by atoms with Gasteiger partial charge in [-0.2, -0.15) is 0 Å². The van der Waals surface area contributed by atoms with Gasteiger partial charge in [-0.25, -0.2) is 4.39 Å². The van der Waals surface area contributed by atoms with E-state index in [1.54, 1.807) is 24.4 Å². The van der Waals surface area contributed by atoms with E-state index < -0.39 is 12.0 Å². The predicted molar refractivity (Wildman–Crippen MR) is 130 cm³/mol. The molecule has 0 saturated heterocycles. The fraction of sp³-hybridized carbons (Fsp3) is 0.154. The molecule has 1 heterocycles. The van der Waals surface area contributed by atoms with Gasteiger partial charge in [-0.1, -0.05) is 60.1 Å². The number of fused-ring (bicyclic) bond motifs is 1. The molecule has 0 spiro atoms. The number of carbonyl (C=O) groups is 1. The molecule has 7 heteroatoms. The summed E-state index contributed by atoms with van der Waals surface area (Å²) in [6.45, 7) is 1.88. The van der Waals surface area contributed by atoms with Gasteiger partial charge < -0.3 is 16.2 Å². The van der Waals surface area contributed by atoms with Crippen LogP contribution >= 0.6 is 11.6 Å². The molecule has 4 rings (SSSR count). The summed E-state index contributed by atoms with van der Waals surface area (Å²) in [6.07, 6.45) is 1.45. The lowest BCUT2D eigenvalue weighted by molar-refractivity contribution is -0.137. The third-order valence-electron chi connectivity index (χ3n) is 5.62. The molecule has 2 unspecified atom stereocenters. The van der Waals surface area contributed by atoms with Crippen LogP contribution in [0.4, 0.5) is 10.1 Å². The second-order valence-electron chi connectivity index (χ2n) is 7.93. The molecule has 168 valence electrons.